The molecular weight excluding hydrogens is 348 g/mol. The van der Waals surface area contributed by atoms with E-state index in [-0.39, 0.29) is 30.9 Å². The minimum Gasteiger partial charge on any atom is -0.482 e. The van der Waals surface area contributed by atoms with Crippen molar-refractivity contribution in [2.24, 2.45) is 0 Å². The molecule has 0 spiro atoms. The number of carbonyl (C=O) groups is 2. The lowest BCUT2D eigenvalue weighted by atomic mass is 9.94. The van der Waals surface area contributed by atoms with Crippen LogP contribution in [0.15, 0.2) is 30.5 Å². The molecule has 2 aliphatic heterocycles. The zero-order valence-electron chi connectivity index (χ0n) is 14.9. The van der Waals surface area contributed by atoms with Gasteiger partial charge >= 0.3 is 0 Å². The molecule has 1 aromatic carbocycles. The van der Waals surface area contributed by atoms with Crippen LogP contribution < -0.4 is 10.1 Å². The topological polar surface area (TPSA) is 96.7 Å². The normalized spacial score (nSPS) is 19.2. The molecule has 2 aliphatic rings. The Morgan fingerprint density at radius 1 is 1.37 bits per heavy atom. The predicted molar refractivity (Wildman–Crippen MR) is 97.8 cm³/mol. The van der Waals surface area contributed by atoms with Crippen molar-refractivity contribution >= 4 is 17.5 Å². The van der Waals surface area contributed by atoms with E-state index in [2.05, 4.69) is 10.4 Å². The smallest absolute Gasteiger partial charge is 0.262 e. The molecule has 0 aliphatic carbocycles. The third-order valence-corrected chi connectivity index (χ3v) is 4.98. The molecule has 2 amide bonds. The number of nitrogens with zero attached hydrogens (tertiary/aromatic N) is 3. The van der Waals surface area contributed by atoms with Crippen LogP contribution in [0.3, 0.4) is 0 Å². The van der Waals surface area contributed by atoms with E-state index in [1.807, 2.05) is 17.2 Å². The summed E-state index contributed by atoms with van der Waals surface area (Å²) in [6, 6.07) is 7.08. The van der Waals surface area contributed by atoms with Gasteiger partial charge in [0, 0.05) is 30.8 Å². The molecule has 2 aromatic rings. The molecule has 1 unspecified atom stereocenters. The molecule has 0 saturated carbocycles. The summed E-state index contributed by atoms with van der Waals surface area (Å²) in [7, 11) is 0. The van der Waals surface area contributed by atoms with Crippen molar-refractivity contribution in [2.45, 2.75) is 25.3 Å². The molecule has 2 N–H and O–H groups in total. The minimum absolute atomic E-state index is 0.0348. The molecule has 4 rings (SSSR count). The van der Waals surface area contributed by atoms with Gasteiger partial charge in [0.25, 0.3) is 11.8 Å². The van der Waals surface area contributed by atoms with Crippen LogP contribution in [0.2, 0.25) is 0 Å². The third-order valence-electron chi connectivity index (χ3n) is 4.98. The number of amides is 2. The number of aromatic nitrogens is 2. The second-order valence-corrected chi connectivity index (χ2v) is 6.87. The maximum Gasteiger partial charge on any atom is 0.262 e. The lowest BCUT2D eigenvalue weighted by Crippen LogP contribution is -2.39. The van der Waals surface area contributed by atoms with Crippen LogP contribution in [0.5, 0.6) is 5.75 Å². The Labute approximate surface area is 156 Å². The molecule has 1 atom stereocenters. The van der Waals surface area contributed by atoms with Crippen molar-refractivity contribution in [1.82, 2.24) is 14.7 Å². The van der Waals surface area contributed by atoms with Crippen LogP contribution in [-0.2, 0) is 11.3 Å². The Hall–Kier alpha value is -2.87. The van der Waals surface area contributed by atoms with E-state index in [1.54, 1.807) is 22.9 Å². The monoisotopic (exact) mass is 370 g/mol. The van der Waals surface area contributed by atoms with E-state index in [0.717, 1.165) is 18.5 Å². The summed E-state index contributed by atoms with van der Waals surface area (Å²) < 4.78 is 7.14. The summed E-state index contributed by atoms with van der Waals surface area (Å²) in [6.45, 7) is 1.82. The molecule has 8 nitrogen and oxygen atoms in total. The molecule has 1 fully saturated rings. The van der Waals surface area contributed by atoms with Gasteiger partial charge in [0.2, 0.25) is 0 Å². The maximum absolute atomic E-state index is 13.0. The van der Waals surface area contributed by atoms with E-state index in [0.29, 0.717) is 36.6 Å². The lowest BCUT2D eigenvalue weighted by Gasteiger charge is -2.32. The van der Waals surface area contributed by atoms with E-state index in [1.165, 1.54) is 0 Å². The van der Waals surface area contributed by atoms with Gasteiger partial charge in [-0.15, -0.1) is 0 Å². The number of likely N-dealkylation sites (tertiary alicyclic amines) is 1. The fourth-order valence-electron chi connectivity index (χ4n) is 3.62. The third kappa shape index (κ3) is 3.66. The number of anilines is 1. The Bertz CT molecular complexity index is 863. The van der Waals surface area contributed by atoms with Gasteiger partial charge in [-0.25, -0.2) is 0 Å². The number of ether oxygens (including phenoxy) is 1. The Morgan fingerprint density at radius 3 is 3.11 bits per heavy atom. The highest BCUT2D eigenvalue weighted by atomic mass is 16.5. The standard InChI is InChI=1S/C19H22N4O4/c24-9-8-23-7-5-15(21-23)14-2-1-6-22(11-14)19(26)13-3-4-16-17(10-13)27-12-18(25)20-16/h3-5,7,10,14,24H,1-2,6,8-9,11-12H2,(H,20,25). The van der Waals surface area contributed by atoms with E-state index >= 15 is 0 Å². The largest absolute Gasteiger partial charge is 0.482 e. The maximum atomic E-state index is 13.0. The first-order chi connectivity index (χ1) is 13.1. The van der Waals surface area contributed by atoms with Gasteiger partial charge in [0.15, 0.2) is 6.61 Å². The number of carbonyl (C=O) groups excluding carboxylic acids is 2. The van der Waals surface area contributed by atoms with Crippen LogP contribution in [0, 0.1) is 0 Å². The second-order valence-electron chi connectivity index (χ2n) is 6.87. The summed E-state index contributed by atoms with van der Waals surface area (Å²) in [4.78, 5) is 26.2. The highest BCUT2D eigenvalue weighted by Gasteiger charge is 2.28. The number of rotatable bonds is 4. The van der Waals surface area contributed by atoms with Crippen molar-refractivity contribution in [3.8, 4) is 5.75 Å². The van der Waals surface area contributed by atoms with Crippen LogP contribution in [0.1, 0.15) is 34.8 Å². The molecule has 1 aromatic heterocycles. The quantitative estimate of drug-likeness (QED) is 0.844. The highest BCUT2D eigenvalue weighted by molar-refractivity contribution is 5.99. The minimum atomic E-state index is -0.193. The van der Waals surface area contributed by atoms with Crippen LogP contribution in [0.4, 0.5) is 5.69 Å². The fourth-order valence-corrected chi connectivity index (χ4v) is 3.62. The van der Waals surface area contributed by atoms with Gasteiger partial charge in [0.1, 0.15) is 5.75 Å². The SMILES string of the molecule is O=C1COc2cc(C(=O)N3CCCC(c4ccn(CCO)n4)C3)ccc2N1. The number of nitrogens with one attached hydrogen (secondary N) is 1. The first kappa shape index (κ1) is 17.5. The summed E-state index contributed by atoms with van der Waals surface area (Å²) in [5, 5.41) is 16.3. The van der Waals surface area contributed by atoms with Crippen LogP contribution >= 0.6 is 0 Å². The molecule has 8 heteroatoms. The van der Waals surface area contributed by atoms with Gasteiger partial charge in [-0.3, -0.25) is 14.3 Å². The first-order valence-corrected chi connectivity index (χ1v) is 9.14. The highest BCUT2D eigenvalue weighted by Crippen LogP contribution is 2.31. The number of hydrogen-bond acceptors (Lipinski definition) is 5. The van der Waals surface area contributed by atoms with Gasteiger partial charge in [-0.2, -0.15) is 5.10 Å². The number of fused-ring (bicyclic) bond motifs is 1. The van der Waals surface area contributed by atoms with E-state index in [9.17, 15) is 9.59 Å². The average molecular weight is 370 g/mol. The molecule has 1 saturated heterocycles. The van der Waals surface area contributed by atoms with E-state index in [4.69, 9.17) is 9.84 Å². The number of aliphatic hydroxyl groups is 1. The van der Waals surface area contributed by atoms with Crippen LogP contribution in [0.25, 0.3) is 0 Å². The molecule has 3 heterocycles. The van der Waals surface area contributed by atoms with Crippen molar-refractivity contribution in [3.05, 3.63) is 41.7 Å². The molecule has 0 bridgehead atoms. The van der Waals surface area contributed by atoms with Gasteiger partial charge in [-0.05, 0) is 37.1 Å². The summed E-state index contributed by atoms with van der Waals surface area (Å²) in [6.07, 6.45) is 3.77. The van der Waals surface area contributed by atoms with Crippen molar-refractivity contribution in [1.29, 1.82) is 0 Å². The lowest BCUT2D eigenvalue weighted by molar-refractivity contribution is -0.118. The number of piperidine rings is 1. The second kappa shape index (κ2) is 7.40. The summed E-state index contributed by atoms with van der Waals surface area (Å²) in [5.41, 5.74) is 2.10. The zero-order chi connectivity index (χ0) is 18.8. The van der Waals surface area contributed by atoms with Crippen molar-refractivity contribution in [2.75, 3.05) is 31.6 Å². The van der Waals surface area contributed by atoms with Crippen LogP contribution in [-0.4, -0.2) is 57.9 Å². The number of hydrogen-bond donors (Lipinski definition) is 2. The van der Waals surface area contributed by atoms with Gasteiger partial charge in [0.05, 0.1) is 24.5 Å². The summed E-state index contributed by atoms with van der Waals surface area (Å²) in [5.74, 6) is 0.478. The van der Waals surface area contributed by atoms with Crippen molar-refractivity contribution in [3.63, 3.8) is 0 Å². The molecule has 142 valence electrons. The fraction of sp³-hybridized carbons (Fsp3) is 0.421. The first-order valence-electron chi connectivity index (χ1n) is 9.14. The van der Waals surface area contributed by atoms with Crippen molar-refractivity contribution < 1.29 is 19.4 Å². The van der Waals surface area contributed by atoms with E-state index < -0.39 is 0 Å². The molecule has 27 heavy (non-hydrogen) atoms. The Morgan fingerprint density at radius 2 is 2.26 bits per heavy atom. The predicted octanol–water partition coefficient (Wildman–Crippen LogP) is 1.23. The summed E-state index contributed by atoms with van der Waals surface area (Å²) >= 11 is 0. The Kier molecular flexibility index (Phi) is 4.81. The molecular formula is C19H22N4O4. The number of benzene rings is 1. The Balaban J connectivity index is 1.47. The number of aliphatic hydroxyl groups excluding tert-OH is 1. The molecule has 0 radical (unpaired) electrons. The average Bonchev–Trinajstić information content (AvgIpc) is 3.16. The van der Waals surface area contributed by atoms with Gasteiger partial charge < -0.3 is 20.1 Å². The zero-order valence-corrected chi connectivity index (χ0v) is 14.9. The van der Waals surface area contributed by atoms with Gasteiger partial charge in [-0.1, -0.05) is 0 Å².